The number of nitrogens with zero attached hydrogens (tertiary/aromatic N) is 2. The molecule has 1 aromatic rings. The zero-order chi connectivity index (χ0) is 10.7. The van der Waals surface area contributed by atoms with Crippen molar-refractivity contribution in [2.75, 3.05) is 31.7 Å². The van der Waals surface area contributed by atoms with E-state index in [1.165, 1.54) is 5.69 Å². The molecule has 0 aromatic heterocycles. The van der Waals surface area contributed by atoms with Crippen LogP contribution in [-0.2, 0) is 4.79 Å². The van der Waals surface area contributed by atoms with Gasteiger partial charge in [0, 0.05) is 24.7 Å². The first-order chi connectivity index (χ1) is 7.29. The number of carbonyl (C=O) groups excluding carboxylic acids is 1. The summed E-state index contributed by atoms with van der Waals surface area (Å²) < 4.78 is 0. The lowest BCUT2D eigenvalue weighted by atomic mass is 10.1. The molecule has 1 atom stereocenters. The molecule has 2 rings (SSSR count). The van der Waals surface area contributed by atoms with Crippen molar-refractivity contribution in [3.63, 3.8) is 0 Å². The molecule has 1 aliphatic rings. The second kappa shape index (κ2) is 4.45. The summed E-state index contributed by atoms with van der Waals surface area (Å²) in [6.07, 6.45) is 1.06. The molecule has 1 fully saturated rings. The number of para-hydroxylation sites is 1. The van der Waals surface area contributed by atoms with Crippen LogP contribution in [0.2, 0.25) is 0 Å². The van der Waals surface area contributed by atoms with Crippen molar-refractivity contribution in [1.29, 1.82) is 0 Å². The Morgan fingerprint density at radius 1 is 1.27 bits per heavy atom. The minimum atomic E-state index is 0.129. The molecule has 0 spiro atoms. The van der Waals surface area contributed by atoms with Gasteiger partial charge in [-0.25, -0.2) is 0 Å². The van der Waals surface area contributed by atoms with Crippen LogP contribution in [0.1, 0.15) is 0 Å². The van der Waals surface area contributed by atoms with Crippen LogP contribution >= 0.6 is 0 Å². The summed E-state index contributed by atoms with van der Waals surface area (Å²) in [6.45, 7) is 2.60. The Kier molecular flexibility index (Phi) is 3.02. The number of carbonyl (C=O) groups is 1. The first-order valence-electron chi connectivity index (χ1n) is 5.23. The van der Waals surface area contributed by atoms with Gasteiger partial charge < -0.3 is 9.69 Å². The molecule has 1 unspecified atom stereocenters. The average Bonchev–Trinajstić information content (AvgIpc) is 2.29. The van der Waals surface area contributed by atoms with Crippen molar-refractivity contribution in [2.24, 2.45) is 5.92 Å². The third-order valence-corrected chi connectivity index (χ3v) is 2.73. The van der Waals surface area contributed by atoms with E-state index < -0.39 is 0 Å². The fourth-order valence-corrected chi connectivity index (χ4v) is 2.06. The smallest absolute Gasteiger partial charge is 0.126 e. The van der Waals surface area contributed by atoms with Gasteiger partial charge in [0.2, 0.25) is 0 Å². The molecule has 1 saturated heterocycles. The molecular formula is C12H16N2O. The summed E-state index contributed by atoms with van der Waals surface area (Å²) >= 11 is 0. The summed E-state index contributed by atoms with van der Waals surface area (Å²) in [6, 6.07) is 10.2. The molecule has 1 heterocycles. The Hall–Kier alpha value is -1.35. The summed E-state index contributed by atoms with van der Waals surface area (Å²) in [4.78, 5) is 15.2. The number of hydrogen-bond donors (Lipinski definition) is 0. The van der Waals surface area contributed by atoms with Crippen LogP contribution in [-0.4, -0.2) is 38.0 Å². The highest BCUT2D eigenvalue weighted by atomic mass is 16.1. The molecule has 0 saturated carbocycles. The highest BCUT2D eigenvalue weighted by Gasteiger charge is 2.22. The van der Waals surface area contributed by atoms with Crippen molar-refractivity contribution in [1.82, 2.24) is 4.90 Å². The van der Waals surface area contributed by atoms with Crippen molar-refractivity contribution in [3.05, 3.63) is 30.3 Å². The first kappa shape index (κ1) is 10.2. The van der Waals surface area contributed by atoms with E-state index in [0.29, 0.717) is 0 Å². The topological polar surface area (TPSA) is 23.6 Å². The normalized spacial score (nSPS) is 22.7. The van der Waals surface area contributed by atoms with Gasteiger partial charge in [0.05, 0.1) is 6.67 Å². The van der Waals surface area contributed by atoms with E-state index in [0.717, 1.165) is 26.0 Å². The second-order valence-electron chi connectivity index (χ2n) is 4.13. The molecule has 3 nitrogen and oxygen atoms in total. The van der Waals surface area contributed by atoms with E-state index in [2.05, 4.69) is 21.9 Å². The van der Waals surface area contributed by atoms with Crippen LogP contribution < -0.4 is 4.90 Å². The van der Waals surface area contributed by atoms with Crippen molar-refractivity contribution in [2.45, 2.75) is 0 Å². The van der Waals surface area contributed by atoms with Gasteiger partial charge in [-0.2, -0.15) is 0 Å². The molecule has 0 bridgehead atoms. The van der Waals surface area contributed by atoms with Gasteiger partial charge in [0.1, 0.15) is 6.29 Å². The minimum Gasteiger partial charge on any atom is -0.358 e. The molecule has 3 heteroatoms. The van der Waals surface area contributed by atoms with Crippen LogP contribution in [0.3, 0.4) is 0 Å². The molecule has 80 valence electrons. The number of hydrogen-bond acceptors (Lipinski definition) is 3. The maximum Gasteiger partial charge on any atom is 0.126 e. The van der Waals surface area contributed by atoms with Crippen molar-refractivity contribution < 1.29 is 4.79 Å². The Labute approximate surface area is 90.3 Å². The third-order valence-electron chi connectivity index (χ3n) is 2.73. The van der Waals surface area contributed by atoms with Crippen LogP contribution in [0.4, 0.5) is 5.69 Å². The third kappa shape index (κ3) is 2.36. The molecule has 0 aliphatic carbocycles. The lowest BCUT2D eigenvalue weighted by Gasteiger charge is -2.37. The van der Waals surface area contributed by atoms with Crippen LogP contribution in [0, 0.1) is 5.92 Å². The predicted molar refractivity (Wildman–Crippen MR) is 60.8 cm³/mol. The zero-order valence-corrected chi connectivity index (χ0v) is 8.97. The Morgan fingerprint density at radius 3 is 2.67 bits per heavy atom. The molecule has 15 heavy (non-hydrogen) atoms. The minimum absolute atomic E-state index is 0.129. The average molecular weight is 204 g/mol. The number of benzene rings is 1. The fraction of sp³-hybridized carbons (Fsp3) is 0.417. The zero-order valence-electron chi connectivity index (χ0n) is 8.97. The van der Waals surface area contributed by atoms with Crippen LogP contribution in [0.5, 0.6) is 0 Å². The van der Waals surface area contributed by atoms with Crippen LogP contribution in [0.15, 0.2) is 30.3 Å². The first-order valence-corrected chi connectivity index (χ1v) is 5.23. The van der Waals surface area contributed by atoms with Gasteiger partial charge in [-0.1, -0.05) is 18.2 Å². The fourth-order valence-electron chi connectivity index (χ4n) is 2.06. The van der Waals surface area contributed by atoms with E-state index in [-0.39, 0.29) is 5.92 Å². The van der Waals surface area contributed by atoms with Gasteiger partial charge in [0.25, 0.3) is 0 Å². The number of rotatable bonds is 2. The van der Waals surface area contributed by atoms with Crippen molar-refractivity contribution in [3.8, 4) is 0 Å². The summed E-state index contributed by atoms with van der Waals surface area (Å²) in [5.41, 5.74) is 1.19. The Morgan fingerprint density at radius 2 is 2.00 bits per heavy atom. The molecule has 1 aliphatic heterocycles. The monoisotopic (exact) mass is 204 g/mol. The summed E-state index contributed by atoms with van der Waals surface area (Å²) in [5, 5.41) is 0. The predicted octanol–water partition coefficient (Wildman–Crippen LogP) is 1.21. The maximum atomic E-state index is 10.8. The lowest BCUT2D eigenvalue weighted by molar-refractivity contribution is -0.111. The quantitative estimate of drug-likeness (QED) is 0.677. The summed E-state index contributed by atoms with van der Waals surface area (Å²) in [5.74, 6) is 0.129. The highest BCUT2D eigenvalue weighted by molar-refractivity contribution is 5.57. The van der Waals surface area contributed by atoms with Gasteiger partial charge in [-0.15, -0.1) is 0 Å². The number of anilines is 1. The Balaban J connectivity index is 2.12. The van der Waals surface area contributed by atoms with Gasteiger partial charge in [-0.3, -0.25) is 4.90 Å². The van der Waals surface area contributed by atoms with E-state index in [4.69, 9.17) is 0 Å². The lowest BCUT2D eigenvalue weighted by Crippen LogP contribution is -2.48. The van der Waals surface area contributed by atoms with E-state index in [1.54, 1.807) is 0 Å². The van der Waals surface area contributed by atoms with E-state index in [9.17, 15) is 4.79 Å². The molecule has 1 aromatic carbocycles. The highest BCUT2D eigenvalue weighted by Crippen LogP contribution is 2.18. The van der Waals surface area contributed by atoms with Gasteiger partial charge >= 0.3 is 0 Å². The van der Waals surface area contributed by atoms with Gasteiger partial charge in [-0.05, 0) is 19.2 Å². The number of aldehydes is 1. The maximum absolute atomic E-state index is 10.8. The van der Waals surface area contributed by atoms with E-state index in [1.807, 2.05) is 25.2 Å². The van der Waals surface area contributed by atoms with Crippen molar-refractivity contribution >= 4 is 12.0 Å². The van der Waals surface area contributed by atoms with E-state index >= 15 is 0 Å². The Bertz CT molecular complexity index is 326. The molecule has 0 N–H and O–H groups in total. The molecular weight excluding hydrogens is 188 g/mol. The van der Waals surface area contributed by atoms with Gasteiger partial charge in [0.15, 0.2) is 0 Å². The molecule has 0 amide bonds. The second-order valence-corrected chi connectivity index (χ2v) is 4.13. The summed E-state index contributed by atoms with van der Waals surface area (Å²) in [7, 11) is 2.05. The van der Waals surface area contributed by atoms with Crippen LogP contribution in [0.25, 0.3) is 0 Å². The largest absolute Gasteiger partial charge is 0.358 e. The SMILES string of the molecule is CN1CC(C=O)CN(c2ccccc2)C1. The molecule has 0 radical (unpaired) electrons. The standard InChI is InChI=1S/C12H16N2O/c1-13-7-11(9-15)8-14(10-13)12-5-3-2-4-6-12/h2-6,9,11H,7-8,10H2,1H3.